The van der Waals surface area contributed by atoms with Crippen molar-refractivity contribution in [3.8, 4) is 11.5 Å². The zero-order valence-corrected chi connectivity index (χ0v) is 9.42. The molecule has 0 saturated heterocycles. The minimum absolute atomic E-state index is 0.0701. The summed E-state index contributed by atoms with van der Waals surface area (Å²) in [6.07, 6.45) is 0.812. The van der Waals surface area contributed by atoms with Gasteiger partial charge in [0.25, 0.3) is 0 Å². The number of carbonyl (C=O) groups excluding carboxylic acids is 1. The summed E-state index contributed by atoms with van der Waals surface area (Å²) in [5, 5.41) is 0.347. The van der Waals surface area contributed by atoms with E-state index in [9.17, 15) is 4.79 Å². The lowest BCUT2D eigenvalue weighted by atomic mass is 10.1. The monoisotopic (exact) mass is 241 g/mol. The Hall–Kier alpha value is -1.26. The minimum Gasteiger partial charge on any atom is -0.490 e. The Bertz CT molecular complexity index is 420. The second-order valence-corrected chi connectivity index (χ2v) is 3.86. The van der Waals surface area contributed by atoms with E-state index in [0.717, 1.165) is 6.42 Å². The molecule has 1 aromatic rings. The molecule has 5 heteroatoms. The first-order valence-electron chi connectivity index (χ1n) is 5.05. The Morgan fingerprint density at radius 3 is 2.56 bits per heavy atom. The van der Waals surface area contributed by atoms with Crippen molar-refractivity contribution < 1.29 is 14.3 Å². The maximum Gasteiger partial charge on any atom is 0.178 e. The third-order valence-electron chi connectivity index (χ3n) is 2.32. The Morgan fingerprint density at radius 2 is 1.94 bits per heavy atom. The Kier molecular flexibility index (Phi) is 3.31. The molecule has 0 aliphatic carbocycles. The van der Waals surface area contributed by atoms with E-state index in [1.54, 1.807) is 12.1 Å². The summed E-state index contributed by atoms with van der Waals surface area (Å²) < 4.78 is 10.9. The average Bonchev–Trinajstić information content (AvgIpc) is 2.51. The highest BCUT2D eigenvalue weighted by atomic mass is 35.5. The van der Waals surface area contributed by atoms with Gasteiger partial charge in [0, 0.05) is 18.1 Å². The second kappa shape index (κ2) is 4.72. The number of hydrogen-bond acceptors (Lipinski definition) is 4. The topological polar surface area (TPSA) is 61.6 Å². The van der Waals surface area contributed by atoms with Crippen LogP contribution >= 0.6 is 11.6 Å². The molecule has 1 aliphatic heterocycles. The number of hydrogen-bond donors (Lipinski definition) is 1. The van der Waals surface area contributed by atoms with Crippen LogP contribution in [0.25, 0.3) is 0 Å². The second-order valence-electron chi connectivity index (χ2n) is 3.46. The number of Topliss-reactive ketones (excluding diaryl/α,β-unsaturated/α-hetero) is 1. The lowest BCUT2D eigenvalue weighted by molar-refractivity contribution is 0.100. The first kappa shape index (κ1) is 11.2. The van der Waals surface area contributed by atoms with E-state index in [0.29, 0.717) is 35.3 Å². The molecule has 16 heavy (non-hydrogen) atoms. The molecule has 1 aliphatic rings. The van der Waals surface area contributed by atoms with Crippen LogP contribution in [0, 0.1) is 0 Å². The van der Waals surface area contributed by atoms with E-state index in [1.165, 1.54) is 0 Å². The van der Waals surface area contributed by atoms with Crippen molar-refractivity contribution in [2.45, 2.75) is 6.42 Å². The van der Waals surface area contributed by atoms with Crippen molar-refractivity contribution in [2.75, 3.05) is 19.8 Å². The molecule has 86 valence electrons. The Labute approximate surface area is 98.3 Å². The predicted octanol–water partition coefficient (Wildman–Crippen LogP) is 1.64. The highest BCUT2D eigenvalue weighted by molar-refractivity contribution is 6.34. The molecule has 0 unspecified atom stereocenters. The van der Waals surface area contributed by atoms with Gasteiger partial charge >= 0.3 is 0 Å². The van der Waals surface area contributed by atoms with Crippen molar-refractivity contribution in [3.63, 3.8) is 0 Å². The third kappa shape index (κ3) is 2.13. The molecule has 0 radical (unpaired) electrons. The highest BCUT2D eigenvalue weighted by Crippen LogP contribution is 2.35. The number of halogens is 1. The van der Waals surface area contributed by atoms with Crippen molar-refractivity contribution >= 4 is 17.4 Å². The molecule has 1 aromatic carbocycles. The smallest absolute Gasteiger partial charge is 0.178 e. The Balaban J connectivity index is 2.42. The Morgan fingerprint density at radius 1 is 1.31 bits per heavy atom. The fraction of sp³-hybridized carbons (Fsp3) is 0.364. The molecule has 2 N–H and O–H groups in total. The largest absolute Gasteiger partial charge is 0.490 e. The summed E-state index contributed by atoms with van der Waals surface area (Å²) >= 11 is 5.98. The van der Waals surface area contributed by atoms with Gasteiger partial charge in [0.15, 0.2) is 17.3 Å². The van der Waals surface area contributed by atoms with E-state index in [2.05, 4.69) is 0 Å². The van der Waals surface area contributed by atoms with Crippen LogP contribution in [-0.2, 0) is 0 Å². The molecule has 0 atom stereocenters. The van der Waals surface area contributed by atoms with E-state index < -0.39 is 0 Å². The standard InChI is InChI=1S/C11H12ClNO3/c12-8-5-11-10(15-2-1-3-16-11)4-7(8)9(14)6-13/h4-5H,1-3,6,13H2. The van der Waals surface area contributed by atoms with Gasteiger partial charge in [0.1, 0.15) is 0 Å². The number of rotatable bonds is 2. The number of nitrogens with two attached hydrogens (primary N) is 1. The van der Waals surface area contributed by atoms with Gasteiger partial charge in [0.2, 0.25) is 0 Å². The molecule has 0 saturated carbocycles. The maximum absolute atomic E-state index is 11.5. The predicted molar refractivity (Wildman–Crippen MR) is 60.4 cm³/mol. The molecular weight excluding hydrogens is 230 g/mol. The highest BCUT2D eigenvalue weighted by Gasteiger charge is 2.17. The van der Waals surface area contributed by atoms with Gasteiger partial charge in [-0.3, -0.25) is 4.79 Å². The van der Waals surface area contributed by atoms with Crippen LogP contribution in [0.4, 0.5) is 0 Å². The van der Waals surface area contributed by atoms with Gasteiger partial charge < -0.3 is 15.2 Å². The van der Waals surface area contributed by atoms with Gasteiger partial charge in [0.05, 0.1) is 24.8 Å². The van der Waals surface area contributed by atoms with Crippen LogP contribution in [0.5, 0.6) is 11.5 Å². The van der Waals surface area contributed by atoms with Gasteiger partial charge in [-0.25, -0.2) is 0 Å². The average molecular weight is 242 g/mol. The first-order valence-corrected chi connectivity index (χ1v) is 5.42. The van der Waals surface area contributed by atoms with E-state index >= 15 is 0 Å². The van der Waals surface area contributed by atoms with Crippen molar-refractivity contribution in [3.05, 3.63) is 22.7 Å². The van der Waals surface area contributed by atoms with Crippen molar-refractivity contribution in [1.82, 2.24) is 0 Å². The van der Waals surface area contributed by atoms with Gasteiger partial charge in [-0.05, 0) is 6.07 Å². The van der Waals surface area contributed by atoms with E-state index in [1.807, 2.05) is 0 Å². The lowest BCUT2D eigenvalue weighted by Crippen LogP contribution is -2.14. The zero-order chi connectivity index (χ0) is 11.5. The fourth-order valence-electron chi connectivity index (χ4n) is 1.51. The molecule has 0 bridgehead atoms. The van der Waals surface area contributed by atoms with Gasteiger partial charge in [-0.15, -0.1) is 0 Å². The first-order chi connectivity index (χ1) is 7.72. The van der Waals surface area contributed by atoms with Crippen LogP contribution in [0.2, 0.25) is 5.02 Å². The molecule has 0 spiro atoms. The van der Waals surface area contributed by atoms with Crippen molar-refractivity contribution in [2.24, 2.45) is 5.73 Å². The van der Waals surface area contributed by atoms with Crippen LogP contribution in [0.1, 0.15) is 16.8 Å². The summed E-state index contributed by atoms with van der Waals surface area (Å²) in [5.74, 6) is 0.926. The maximum atomic E-state index is 11.5. The van der Waals surface area contributed by atoms with Crippen LogP contribution < -0.4 is 15.2 Å². The molecule has 0 fully saturated rings. The van der Waals surface area contributed by atoms with E-state index in [-0.39, 0.29) is 12.3 Å². The lowest BCUT2D eigenvalue weighted by Gasteiger charge is -2.10. The molecule has 2 rings (SSSR count). The van der Waals surface area contributed by atoms with E-state index in [4.69, 9.17) is 26.8 Å². The van der Waals surface area contributed by atoms with Crippen LogP contribution in [0.15, 0.2) is 12.1 Å². The fourth-order valence-corrected chi connectivity index (χ4v) is 1.77. The zero-order valence-electron chi connectivity index (χ0n) is 8.66. The number of fused-ring (bicyclic) bond motifs is 1. The van der Waals surface area contributed by atoms with Crippen LogP contribution in [-0.4, -0.2) is 25.5 Å². The number of ether oxygens (including phenoxy) is 2. The summed E-state index contributed by atoms with van der Waals surface area (Å²) in [6.45, 7) is 1.10. The number of carbonyl (C=O) groups is 1. The third-order valence-corrected chi connectivity index (χ3v) is 2.64. The summed E-state index contributed by atoms with van der Waals surface area (Å²) in [5.41, 5.74) is 5.68. The quantitative estimate of drug-likeness (QED) is 0.800. The molecule has 0 amide bonds. The van der Waals surface area contributed by atoms with Crippen LogP contribution in [0.3, 0.4) is 0 Å². The number of benzene rings is 1. The minimum atomic E-state index is -0.208. The summed E-state index contributed by atoms with van der Waals surface area (Å²) in [7, 11) is 0. The van der Waals surface area contributed by atoms with Gasteiger partial charge in [-0.1, -0.05) is 11.6 Å². The summed E-state index contributed by atoms with van der Waals surface area (Å²) in [6, 6.07) is 3.20. The molecule has 4 nitrogen and oxygen atoms in total. The molecule has 1 heterocycles. The summed E-state index contributed by atoms with van der Waals surface area (Å²) in [4.78, 5) is 11.5. The SMILES string of the molecule is NCC(=O)c1cc2c(cc1Cl)OCCCO2. The molecular formula is C11H12ClNO3. The van der Waals surface area contributed by atoms with Gasteiger partial charge in [-0.2, -0.15) is 0 Å². The normalized spacial score (nSPS) is 14.4. The number of ketones is 1. The molecule has 0 aromatic heterocycles. The van der Waals surface area contributed by atoms with Crippen molar-refractivity contribution in [1.29, 1.82) is 0 Å².